The maximum absolute atomic E-state index is 13.0. The van der Waals surface area contributed by atoms with Gasteiger partial charge in [0.2, 0.25) is 0 Å². The van der Waals surface area contributed by atoms with Gasteiger partial charge in [0, 0.05) is 15.5 Å². The van der Waals surface area contributed by atoms with Crippen LogP contribution in [0.25, 0.3) is 11.3 Å². The van der Waals surface area contributed by atoms with Crippen molar-refractivity contribution >= 4 is 45.6 Å². The Morgan fingerprint density at radius 2 is 1.96 bits per heavy atom. The summed E-state index contributed by atoms with van der Waals surface area (Å²) < 4.78 is 18.3. The first-order valence-corrected chi connectivity index (χ1v) is 9.10. The molecule has 26 heavy (non-hydrogen) atoms. The monoisotopic (exact) mass is 410 g/mol. The smallest absolute Gasteiger partial charge is 0.264 e. The number of amides is 1. The maximum atomic E-state index is 13.0. The fraction of sp³-hybridized carbons (Fsp3) is 0.111. The van der Waals surface area contributed by atoms with E-state index in [-0.39, 0.29) is 23.3 Å². The van der Waals surface area contributed by atoms with Gasteiger partial charge in [0.05, 0.1) is 10.7 Å². The molecule has 0 aliphatic carbocycles. The van der Waals surface area contributed by atoms with Crippen molar-refractivity contribution in [3.05, 3.63) is 63.2 Å². The van der Waals surface area contributed by atoms with Crippen LogP contribution in [0.1, 0.15) is 4.88 Å². The Morgan fingerprint density at radius 3 is 2.65 bits per heavy atom. The molecule has 1 heterocycles. The molecule has 0 atom stereocenters. The fourth-order valence-corrected chi connectivity index (χ4v) is 3.42. The number of nitrogens with one attached hydrogen (secondary N) is 1. The molecule has 0 spiro atoms. The molecule has 3 rings (SSSR count). The van der Waals surface area contributed by atoms with E-state index in [9.17, 15) is 9.18 Å². The molecule has 0 saturated heterocycles. The number of thiazole rings is 1. The Bertz CT molecular complexity index is 945. The van der Waals surface area contributed by atoms with Gasteiger partial charge in [-0.2, -0.15) is 0 Å². The molecule has 1 amide bonds. The van der Waals surface area contributed by atoms with E-state index in [1.807, 2.05) is 19.1 Å². The largest absolute Gasteiger partial charge is 0.482 e. The van der Waals surface area contributed by atoms with Gasteiger partial charge in [-0.1, -0.05) is 35.3 Å². The first-order chi connectivity index (χ1) is 12.4. The highest BCUT2D eigenvalue weighted by atomic mass is 35.5. The van der Waals surface area contributed by atoms with Crippen LogP contribution >= 0.6 is 34.5 Å². The lowest BCUT2D eigenvalue weighted by Gasteiger charge is -2.07. The molecule has 1 aromatic heterocycles. The average molecular weight is 411 g/mol. The second kappa shape index (κ2) is 8.03. The summed E-state index contributed by atoms with van der Waals surface area (Å²) in [7, 11) is 0. The molecule has 0 aliphatic heterocycles. The summed E-state index contributed by atoms with van der Waals surface area (Å²) >= 11 is 13.1. The number of halogens is 3. The highest BCUT2D eigenvalue weighted by Crippen LogP contribution is 2.31. The summed E-state index contributed by atoms with van der Waals surface area (Å²) in [5.41, 5.74) is 1.70. The summed E-state index contributed by atoms with van der Waals surface area (Å²) in [5, 5.41) is 3.90. The Balaban J connectivity index is 1.64. The molecule has 0 unspecified atom stereocenters. The number of ether oxygens (including phenoxy) is 1. The molecule has 0 radical (unpaired) electrons. The highest BCUT2D eigenvalue weighted by molar-refractivity contribution is 7.16. The van der Waals surface area contributed by atoms with Crippen LogP contribution in [0.2, 0.25) is 10.0 Å². The normalized spacial score (nSPS) is 10.6. The zero-order valence-electron chi connectivity index (χ0n) is 13.6. The minimum absolute atomic E-state index is 0.105. The molecule has 1 N–H and O–H groups in total. The van der Waals surface area contributed by atoms with Crippen LogP contribution in [0, 0.1) is 12.7 Å². The van der Waals surface area contributed by atoms with Crippen LogP contribution < -0.4 is 10.1 Å². The van der Waals surface area contributed by atoms with Gasteiger partial charge in [-0.3, -0.25) is 10.1 Å². The Morgan fingerprint density at radius 1 is 1.23 bits per heavy atom. The van der Waals surface area contributed by atoms with E-state index in [4.69, 9.17) is 27.9 Å². The number of hydrogen-bond donors (Lipinski definition) is 1. The maximum Gasteiger partial charge on any atom is 0.264 e. The molecular formula is C18H13Cl2FN2O2S. The van der Waals surface area contributed by atoms with Gasteiger partial charge in [-0.05, 0) is 37.3 Å². The third kappa shape index (κ3) is 4.52. The van der Waals surface area contributed by atoms with Crippen LogP contribution in [0.4, 0.5) is 9.52 Å². The third-order valence-corrected chi connectivity index (χ3v) is 4.85. The van der Waals surface area contributed by atoms with Crippen molar-refractivity contribution in [3.8, 4) is 17.0 Å². The summed E-state index contributed by atoms with van der Waals surface area (Å²) in [5.74, 6) is -0.623. The summed E-state index contributed by atoms with van der Waals surface area (Å²) in [6.45, 7) is 1.66. The van der Waals surface area contributed by atoms with Crippen molar-refractivity contribution in [2.24, 2.45) is 0 Å². The minimum Gasteiger partial charge on any atom is -0.482 e. The summed E-state index contributed by atoms with van der Waals surface area (Å²) in [6.07, 6.45) is 0. The van der Waals surface area contributed by atoms with E-state index in [2.05, 4.69) is 10.3 Å². The number of rotatable bonds is 5. The predicted octanol–water partition coefficient (Wildman–Crippen LogP) is 5.58. The fourth-order valence-electron chi connectivity index (χ4n) is 2.22. The quantitative estimate of drug-likeness (QED) is 0.596. The molecule has 134 valence electrons. The van der Waals surface area contributed by atoms with Crippen LogP contribution in [0.3, 0.4) is 0 Å². The number of anilines is 1. The minimum atomic E-state index is -0.472. The lowest BCUT2D eigenvalue weighted by Crippen LogP contribution is -2.20. The SMILES string of the molecule is Cc1sc(NC(=O)COc2ccc(F)cc2Cl)nc1-c1ccc(Cl)cc1. The molecule has 0 aliphatic rings. The molecule has 3 aromatic rings. The van der Waals surface area contributed by atoms with E-state index < -0.39 is 5.82 Å². The van der Waals surface area contributed by atoms with E-state index in [0.717, 1.165) is 22.2 Å². The number of carbonyl (C=O) groups is 1. The number of aryl methyl sites for hydroxylation is 1. The first-order valence-electron chi connectivity index (χ1n) is 7.53. The number of aromatic nitrogens is 1. The zero-order chi connectivity index (χ0) is 18.7. The number of benzene rings is 2. The molecule has 4 nitrogen and oxygen atoms in total. The lowest BCUT2D eigenvalue weighted by atomic mass is 10.1. The van der Waals surface area contributed by atoms with Gasteiger partial charge >= 0.3 is 0 Å². The van der Waals surface area contributed by atoms with Crippen molar-refractivity contribution in [2.45, 2.75) is 6.92 Å². The van der Waals surface area contributed by atoms with Gasteiger partial charge in [-0.15, -0.1) is 11.3 Å². The van der Waals surface area contributed by atoms with Crippen LogP contribution in [-0.2, 0) is 4.79 Å². The Kier molecular flexibility index (Phi) is 5.76. The van der Waals surface area contributed by atoms with Crippen LogP contribution in [-0.4, -0.2) is 17.5 Å². The van der Waals surface area contributed by atoms with Crippen molar-refractivity contribution in [1.29, 1.82) is 0 Å². The number of hydrogen-bond acceptors (Lipinski definition) is 4. The Labute approximate surface area is 163 Å². The second-order valence-corrected chi connectivity index (χ2v) is 7.39. The van der Waals surface area contributed by atoms with E-state index in [1.165, 1.54) is 23.5 Å². The lowest BCUT2D eigenvalue weighted by molar-refractivity contribution is -0.118. The topological polar surface area (TPSA) is 51.2 Å². The number of nitrogens with zero attached hydrogens (tertiary/aromatic N) is 1. The molecule has 2 aromatic carbocycles. The third-order valence-electron chi connectivity index (χ3n) is 3.41. The van der Waals surface area contributed by atoms with Crippen molar-refractivity contribution in [3.63, 3.8) is 0 Å². The Hall–Kier alpha value is -2.15. The molecule has 0 fully saturated rings. The van der Waals surface area contributed by atoms with Gasteiger partial charge in [0.15, 0.2) is 11.7 Å². The highest BCUT2D eigenvalue weighted by Gasteiger charge is 2.13. The van der Waals surface area contributed by atoms with Crippen molar-refractivity contribution < 1.29 is 13.9 Å². The average Bonchev–Trinajstić information content (AvgIpc) is 2.95. The molecule has 0 bridgehead atoms. The van der Waals surface area contributed by atoms with Crippen LogP contribution in [0.5, 0.6) is 5.75 Å². The zero-order valence-corrected chi connectivity index (χ0v) is 15.9. The first kappa shape index (κ1) is 18.6. The van der Waals surface area contributed by atoms with E-state index in [0.29, 0.717) is 10.2 Å². The predicted molar refractivity (Wildman–Crippen MR) is 103 cm³/mol. The molecule has 0 saturated carbocycles. The summed E-state index contributed by atoms with van der Waals surface area (Å²) in [4.78, 5) is 17.5. The summed E-state index contributed by atoms with van der Waals surface area (Å²) in [6, 6.07) is 11.0. The number of carbonyl (C=O) groups excluding carboxylic acids is 1. The van der Waals surface area contributed by atoms with E-state index in [1.54, 1.807) is 12.1 Å². The van der Waals surface area contributed by atoms with Crippen molar-refractivity contribution in [2.75, 3.05) is 11.9 Å². The standard InChI is InChI=1S/C18H13Cl2FN2O2S/c1-10-17(11-2-4-12(19)5-3-11)23-18(26-10)22-16(24)9-25-15-7-6-13(21)8-14(15)20/h2-8H,9H2,1H3,(H,22,23,24). The molecule has 8 heteroatoms. The van der Waals surface area contributed by atoms with Gasteiger partial charge in [0.25, 0.3) is 5.91 Å². The van der Waals surface area contributed by atoms with Gasteiger partial charge in [-0.25, -0.2) is 9.37 Å². The van der Waals surface area contributed by atoms with Gasteiger partial charge in [0.1, 0.15) is 11.6 Å². The van der Waals surface area contributed by atoms with E-state index >= 15 is 0 Å². The second-order valence-electron chi connectivity index (χ2n) is 5.34. The molecular weight excluding hydrogens is 398 g/mol. The van der Waals surface area contributed by atoms with Crippen LogP contribution in [0.15, 0.2) is 42.5 Å². The van der Waals surface area contributed by atoms with Gasteiger partial charge < -0.3 is 4.74 Å². The van der Waals surface area contributed by atoms with Crippen molar-refractivity contribution in [1.82, 2.24) is 4.98 Å².